The van der Waals surface area contributed by atoms with Crippen LogP contribution < -0.4 is 0 Å². The van der Waals surface area contributed by atoms with E-state index >= 15 is 0 Å². The van der Waals surface area contributed by atoms with E-state index in [4.69, 9.17) is 0 Å². The van der Waals surface area contributed by atoms with Crippen molar-refractivity contribution in [1.82, 2.24) is 4.90 Å². The maximum Gasteiger partial charge on any atom is 0.123 e. The predicted octanol–water partition coefficient (Wildman–Crippen LogP) is 3.69. The number of aryl methyl sites for hydroxylation is 1. The quantitative estimate of drug-likeness (QED) is 0.912. The van der Waals surface area contributed by atoms with E-state index in [0.29, 0.717) is 11.8 Å². The Hall–Kier alpha value is -0.540. The molecule has 0 saturated heterocycles. The molecule has 0 radical (unpaired) electrons. The molecule has 0 spiro atoms. The highest BCUT2D eigenvalue weighted by Gasteiger charge is 2.12. The Morgan fingerprint density at radius 1 is 1.44 bits per heavy atom. The van der Waals surface area contributed by atoms with Gasteiger partial charge in [0.1, 0.15) is 5.75 Å². The lowest BCUT2D eigenvalue weighted by molar-refractivity contribution is 0.240. The van der Waals surface area contributed by atoms with Gasteiger partial charge in [-0.2, -0.15) is 0 Å². The number of rotatable bonds is 4. The van der Waals surface area contributed by atoms with Crippen molar-refractivity contribution >= 4 is 15.9 Å². The van der Waals surface area contributed by atoms with Crippen molar-refractivity contribution in [1.29, 1.82) is 0 Å². The zero-order valence-electron chi connectivity index (χ0n) is 10.4. The lowest BCUT2D eigenvalue weighted by atomic mass is 10.1. The minimum absolute atomic E-state index is 0.415. The molecular weight excluding hydrogens is 266 g/mol. The van der Waals surface area contributed by atoms with Gasteiger partial charge in [0.15, 0.2) is 0 Å². The van der Waals surface area contributed by atoms with Crippen molar-refractivity contribution in [3.63, 3.8) is 0 Å². The molecule has 0 heterocycles. The summed E-state index contributed by atoms with van der Waals surface area (Å²) >= 11 is 3.46. The molecule has 0 saturated carbocycles. The molecule has 0 fully saturated rings. The van der Waals surface area contributed by atoms with Gasteiger partial charge in [-0.1, -0.05) is 22.9 Å². The van der Waals surface area contributed by atoms with Gasteiger partial charge in [0.25, 0.3) is 0 Å². The van der Waals surface area contributed by atoms with E-state index in [2.05, 4.69) is 41.7 Å². The summed E-state index contributed by atoms with van der Waals surface area (Å²) in [5.74, 6) is 0.415. The van der Waals surface area contributed by atoms with Crippen molar-refractivity contribution in [3.05, 3.63) is 27.7 Å². The molecule has 3 heteroatoms. The Labute approximate surface area is 106 Å². The minimum Gasteiger partial charge on any atom is -0.507 e. The first-order valence-corrected chi connectivity index (χ1v) is 6.43. The summed E-state index contributed by atoms with van der Waals surface area (Å²) in [6, 6.07) is 4.45. The van der Waals surface area contributed by atoms with E-state index in [1.54, 1.807) is 0 Å². The van der Waals surface area contributed by atoms with Crippen LogP contribution in [0.15, 0.2) is 16.6 Å². The van der Waals surface area contributed by atoms with E-state index in [0.717, 1.165) is 28.6 Å². The number of phenolic OH excluding ortho intramolecular Hbond substituents is 1. The number of aromatic hydroxyl groups is 1. The molecule has 0 aliphatic heterocycles. The average molecular weight is 286 g/mol. The SMILES string of the molecule is CCC(C)N(C)Cc1cc(Br)cc(C)c1O. The Morgan fingerprint density at radius 3 is 2.62 bits per heavy atom. The Bertz CT molecular complexity index is 365. The summed E-state index contributed by atoms with van der Waals surface area (Å²) in [4.78, 5) is 2.25. The van der Waals surface area contributed by atoms with Crippen molar-refractivity contribution in [2.24, 2.45) is 0 Å². The maximum absolute atomic E-state index is 9.98. The molecule has 0 aromatic heterocycles. The second-order valence-corrected chi connectivity index (χ2v) is 5.32. The number of benzene rings is 1. The minimum atomic E-state index is 0.415. The highest BCUT2D eigenvalue weighted by molar-refractivity contribution is 9.10. The normalized spacial score (nSPS) is 13.1. The molecule has 0 amide bonds. The summed E-state index contributed by atoms with van der Waals surface area (Å²) in [7, 11) is 2.09. The summed E-state index contributed by atoms with van der Waals surface area (Å²) in [6.07, 6.45) is 1.12. The Morgan fingerprint density at radius 2 is 2.06 bits per heavy atom. The second kappa shape index (κ2) is 5.69. The molecule has 0 aliphatic carbocycles. The molecule has 90 valence electrons. The molecule has 1 N–H and O–H groups in total. The molecule has 16 heavy (non-hydrogen) atoms. The maximum atomic E-state index is 9.98. The topological polar surface area (TPSA) is 23.5 Å². The Balaban J connectivity index is 2.88. The average Bonchev–Trinajstić information content (AvgIpc) is 2.23. The van der Waals surface area contributed by atoms with Crippen molar-refractivity contribution in [3.8, 4) is 5.75 Å². The lowest BCUT2D eigenvalue weighted by Crippen LogP contribution is -2.27. The van der Waals surface area contributed by atoms with Gasteiger partial charge in [-0.3, -0.25) is 4.90 Å². The third-order valence-corrected chi connectivity index (χ3v) is 3.57. The highest BCUT2D eigenvalue weighted by atomic mass is 79.9. The van der Waals surface area contributed by atoms with E-state index in [9.17, 15) is 5.11 Å². The van der Waals surface area contributed by atoms with Crippen LogP contribution in [-0.4, -0.2) is 23.1 Å². The highest BCUT2D eigenvalue weighted by Crippen LogP contribution is 2.28. The lowest BCUT2D eigenvalue weighted by Gasteiger charge is -2.24. The molecule has 2 nitrogen and oxygen atoms in total. The van der Waals surface area contributed by atoms with Gasteiger partial charge < -0.3 is 5.11 Å². The molecule has 0 bridgehead atoms. The first-order valence-electron chi connectivity index (χ1n) is 5.64. The van der Waals surface area contributed by atoms with Crippen molar-refractivity contribution in [2.45, 2.75) is 39.8 Å². The number of hydrogen-bond acceptors (Lipinski definition) is 2. The third kappa shape index (κ3) is 3.22. The van der Waals surface area contributed by atoms with Gasteiger partial charge in [0.2, 0.25) is 0 Å². The fraction of sp³-hybridized carbons (Fsp3) is 0.538. The Kier molecular flexibility index (Phi) is 4.81. The molecule has 1 atom stereocenters. The summed E-state index contributed by atoms with van der Waals surface area (Å²) < 4.78 is 1.02. The fourth-order valence-corrected chi connectivity index (χ4v) is 2.28. The van der Waals surface area contributed by atoms with Crippen LogP contribution in [-0.2, 0) is 6.54 Å². The van der Waals surface area contributed by atoms with Crippen molar-refractivity contribution in [2.75, 3.05) is 7.05 Å². The van der Waals surface area contributed by atoms with Crippen LogP contribution in [0.2, 0.25) is 0 Å². The zero-order valence-corrected chi connectivity index (χ0v) is 12.0. The predicted molar refractivity (Wildman–Crippen MR) is 71.8 cm³/mol. The molecule has 1 rings (SSSR count). The van der Waals surface area contributed by atoms with Crippen LogP contribution in [0.3, 0.4) is 0 Å². The van der Waals surface area contributed by atoms with E-state index in [1.807, 2.05) is 19.1 Å². The van der Waals surface area contributed by atoms with E-state index < -0.39 is 0 Å². The smallest absolute Gasteiger partial charge is 0.123 e. The van der Waals surface area contributed by atoms with Gasteiger partial charge >= 0.3 is 0 Å². The van der Waals surface area contributed by atoms with Crippen LogP contribution in [0.25, 0.3) is 0 Å². The molecule has 1 unspecified atom stereocenters. The van der Waals surface area contributed by atoms with Gasteiger partial charge in [-0.05, 0) is 45.0 Å². The second-order valence-electron chi connectivity index (χ2n) is 4.40. The summed E-state index contributed by atoms with van der Waals surface area (Å²) in [5, 5.41) is 9.98. The van der Waals surface area contributed by atoms with Gasteiger partial charge in [-0.25, -0.2) is 0 Å². The van der Waals surface area contributed by atoms with Crippen LogP contribution >= 0.6 is 15.9 Å². The number of phenols is 1. The van der Waals surface area contributed by atoms with Gasteiger partial charge in [-0.15, -0.1) is 0 Å². The van der Waals surface area contributed by atoms with Gasteiger partial charge in [0, 0.05) is 22.6 Å². The summed E-state index contributed by atoms with van der Waals surface area (Å²) in [5.41, 5.74) is 1.90. The van der Waals surface area contributed by atoms with Crippen LogP contribution in [0.4, 0.5) is 0 Å². The van der Waals surface area contributed by atoms with E-state index in [-0.39, 0.29) is 0 Å². The van der Waals surface area contributed by atoms with Crippen LogP contribution in [0, 0.1) is 6.92 Å². The molecular formula is C13H20BrNO. The first-order chi connectivity index (χ1) is 7.45. The third-order valence-electron chi connectivity index (χ3n) is 3.11. The largest absolute Gasteiger partial charge is 0.507 e. The van der Waals surface area contributed by atoms with Crippen LogP contribution in [0.5, 0.6) is 5.75 Å². The molecule has 0 aliphatic rings. The fourth-order valence-electron chi connectivity index (χ4n) is 1.66. The number of hydrogen-bond donors (Lipinski definition) is 1. The summed E-state index contributed by atoms with van der Waals surface area (Å²) in [6.45, 7) is 7.07. The number of halogens is 1. The monoisotopic (exact) mass is 285 g/mol. The standard InChI is InChI=1S/C13H20BrNO/c1-5-10(3)15(4)8-11-7-12(14)6-9(2)13(11)16/h6-7,10,16H,5,8H2,1-4H3. The van der Waals surface area contributed by atoms with Crippen molar-refractivity contribution < 1.29 is 5.11 Å². The van der Waals surface area contributed by atoms with Crippen LogP contribution in [0.1, 0.15) is 31.4 Å². The first kappa shape index (κ1) is 13.5. The zero-order chi connectivity index (χ0) is 12.3. The number of nitrogens with zero attached hydrogens (tertiary/aromatic N) is 1. The van der Waals surface area contributed by atoms with Gasteiger partial charge in [0.05, 0.1) is 0 Å². The van der Waals surface area contributed by atoms with E-state index in [1.165, 1.54) is 0 Å². The molecule has 1 aromatic carbocycles. The molecule has 1 aromatic rings.